The summed E-state index contributed by atoms with van der Waals surface area (Å²) in [6, 6.07) is 28.9. The Labute approximate surface area is 225 Å². The summed E-state index contributed by atoms with van der Waals surface area (Å²) < 4.78 is 7.72. The van der Waals surface area contributed by atoms with Crippen molar-refractivity contribution in [2.24, 2.45) is 0 Å². The molecule has 38 heavy (non-hydrogen) atoms. The van der Waals surface area contributed by atoms with Crippen molar-refractivity contribution in [2.75, 3.05) is 51.3 Å². The maximum Gasteiger partial charge on any atom is 0.234 e. The minimum absolute atomic E-state index is 0.0568. The lowest BCUT2D eigenvalue weighted by Crippen LogP contribution is -2.52. The molecule has 1 aliphatic heterocycles. The minimum atomic E-state index is -0.0568. The van der Waals surface area contributed by atoms with Crippen LogP contribution in [0.5, 0.6) is 5.75 Å². The first-order valence-electron chi connectivity index (χ1n) is 13.4. The lowest BCUT2D eigenvalue weighted by atomic mass is 10.2. The summed E-state index contributed by atoms with van der Waals surface area (Å²) in [7, 11) is 1.69. The van der Waals surface area contributed by atoms with E-state index in [2.05, 4.69) is 91.9 Å². The maximum atomic E-state index is 13.2. The molecule has 0 saturated carbocycles. The first-order chi connectivity index (χ1) is 18.7. The van der Waals surface area contributed by atoms with Gasteiger partial charge < -0.3 is 24.8 Å². The topological polar surface area (TPSA) is 61.8 Å². The Morgan fingerprint density at radius 1 is 0.895 bits per heavy atom. The van der Waals surface area contributed by atoms with E-state index in [1.165, 1.54) is 16.6 Å². The zero-order chi connectivity index (χ0) is 26.2. The zero-order valence-corrected chi connectivity index (χ0v) is 22.1. The Bertz CT molecular complexity index is 1310. The van der Waals surface area contributed by atoms with Crippen LogP contribution in [0.4, 0.5) is 5.69 Å². The van der Waals surface area contributed by atoms with Crippen molar-refractivity contribution in [1.29, 1.82) is 0 Å². The predicted molar refractivity (Wildman–Crippen MR) is 154 cm³/mol. The molecule has 7 heteroatoms. The fraction of sp³-hybridized carbons (Fsp3) is 0.323. The monoisotopic (exact) mass is 511 g/mol. The zero-order valence-electron chi connectivity index (χ0n) is 22.1. The summed E-state index contributed by atoms with van der Waals surface area (Å²) in [4.78, 5) is 17.8. The Hall–Kier alpha value is -3.81. The molecule has 1 saturated heterocycles. The number of fused-ring (bicyclic) bond motifs is 1. The second-order valence-corrected chi connectivity index (χ2v) is 9.83. The highest BCUT2D eigenvalue weighted by atomic mass is 16.5. The number of nitrogens with one attached hydrogen (secondary N) is 2. The van der Waals surface area contributed by atoms with Crippen LogP contribution in [0.2, 0.25) is 0 Å². The van der Waals surface area contributed by atoms with Gasteiger partial charge in [-0.2, -0.15) is 0 Å². The van der Waals surface area contributed by atoms with Crippen LogP contribution in [0.3, 0.4) is 0 Å². The summed E-state index contributed by atoms with van der Waals surface area (Å²) in [6.45, 7) is 6.04. The van der Waals surface area contributed by atoms with Crippen LogP contribution >= 0.6 is 0 Å². The molecule has 198 valence electrons. The summed E-state index contributed by atoms with van der Waals surface area (Å²) in [5, 5.41) is 8.06. The average Bonchev–Trinajstić information content (AvgIpc) is 3.37. The average molecular weight is 512 g/mol. The Kier molecular flexibility index (Phi) is 8.58. The van der Waals surface area contributed by atoms with Crippen LogP contribution in [-0.2, 0) is 17.9 Å². The maximum absolute atomic E-state index is 13.2. The minimum Gasteiger partial charge on any atom is -0.496 e. The molecule has 7 nitrogen and oxygen atoms in total. The third-order valence-electron chi connectivity index (χ3n) is 7.22. The number of hydrogen-bond acceptors (Lipinski definition) is 5. The third-order valence-corrected chi connectivity index (χ3v) is 7.22. The highest BCUT2D eigenvalue weighted by Gasteiger charge is 2.21. The van der Waals surface area contributed by atoms with Crippen molar-refractivity contribution < 1.29 is 9.53 Å². The van der Waals surface area contributed by atoms with E-state index in [0.29, 0.717) is 26.2 Å². The lowest BCUT2D eigenvalue weighted by Gasteiger charge is -2.36. The van der Waals surface area contributed by atoms with Crippen molar-refractivity contribution in [1.82, 2.24) is 20.1 Å². The second kappa shape index (κ2) is 12.6. The van der Waals surface area contributed by atoms with Gasteiger partial charge in [0.2, 0.25) is 5.91 Å². The van der Waals surface area contributed by atoms with E-state index in [1.54, 1.807) is 7.11 Å². The molecule has 2 heterocycles. The second-order valence-electron chi connectivity index (χ2n) is 9.83. The van der Waals surface area contributed by atoms with Gasteiger partial charge in [0.05, 0.1) is 19.7 Å². The number of nitrogens with zero attached hydrogens (tertiary/aromatic N) is 3. The molecule has 1 aliphatic rings. The lowest BCUT2D eigenvalue weighted by molar-refractivity contribution is -0.123. The van der Waals surface area contributed by atoms with Gasteiger partial charge in [0.1, 0.15) is 5.75 Å². The summed E-state index contributed by atoms with van der Waals surface area (Å²) in [5.74, 6) is 0.936. The largest absolute Gasteiger partial charge is 0.496 e. The number of aromatic nitrogens is 1. The van der Waals surface area contributed by atoms with Gasteiger partial charge in [0.25, 0.3) is 0 Å². The SMILES string of the molecule is COc1ccccc1CNCC(Cn1ccc2ccccc21)NC(=O)CN1CCN(c2ccccc2)CC1. The molecule has 1 amide bonds. The van der Waals surface area contributed by atoms with Gasteiger partial charge in [-0.05, 0) is 35.7 Å². The quantitative estimate of drug-likeness (QED) is 0.321. The molecular weight excluding hydrogens is 474 g/mol. The number of carbonyl (C=O) groups excluding carboxylic acids is 1. The van der Waals surface area contributed by atoms with Crippen LogP contribution in [0.1, 0.15) is 5.56 Å². The highest BCUT2D eigenvalue weighted by Crippen LogP contribution is 2.18. The molecule has 5 rings (SSSR count). The van der Waals surface area contributed by atoms with Crippen LogP contribution in [0.25, 0.3) is 10.9 Å². The number of benzene rings is 3. The van der Waals surface area contributed by atoms with Gasteiger partial charge in [0.15, 0.2) is 0 Å². The summed E-state index contributed by atoms with van der Waals surface area (Å²) >= 11 is 0. The molecule has 2 N–H and O–H groups in total. The van der Waals surface area contributed by atoms with E-state index in [9.17, 15) is 4.79 Å². The van der Waals surface area contributed by atoms with Crippen molar-refractivity contribution in [3.05, 3.63) is 96.7 Å². The molecule has 1 fully saturated rings. The first kappa shape index (κ1) is 25.8. The summed E-state index contributed by atoms with van der Waals surface area (Å²) in [5.41, 5.74) is 3.52. The van der Waals surface area contributed by atoms with Crippen LogP contribution in [0, 0.1) is 0 Å². The van der Waals surface area contributed by atoms with E-state index in [-0.39, 0.29) is 11.9 Å². The van der Waals surface area contributed by atoms with Crippen LogP contribution in [0.15, 0.2) is 91.1 Å². The molecule has 0 radical (unpaired) electrons. The number of carbonyl (C=O) groups is 1. The summed E-state index contributed by atoms with van der Waals surface area (Å²) in [6.07, 6.45) is 2.10. The molecule has 1 unspecified atom stereocenters. The van der Waals surface area contributed by atoms with Gasteiger partial charge in [-0.3, -0.25) is 9.69 Å². The number of anilines is 1. The first-order valence-corrected chi connectivity index (χ1v) is 13.4. The van der Waals surface area contributed by atoms with Gasteiger partial charge in [-0.15, -0.1) is 0 Å². The molecule has 0 aliphatic carbocycles. The van der Waals surface area contributed by atoms with E-state index in [1.807, 2.05) is 24.3 Å². The number of ether oxygens (including phenoxy) is 1. The smallest absolute Gasteiger partial charge is 0.234 e. The van der Waals surface area contributed by atoms with Crippen molar-refractivity contribution in [2.45, 2.75) is 19.1 Å². The molecule has 0 spiro atoms. The molecular formula is C31H37N5O2. The van der Waals surface area contributed by atoms with Crippen LogP contribution < -0.4 is 20.3 Å². The fourth-order valence-corrected chi connectivity index (χ4v) is 5.21. The van der Waals surface area contributed by atoms with Crippen LogP contribution in [-0.4, -0.2) is 67.8 Å². The molecule has 0 bridgehead atoms. The molecule has 4 aromatic rings. The number of rotatable bonds is 11. The number of piperazine rings is 1. The third kappa shape index (κ3) is 6.54. The number of hydrogen-bond donors (Lipinski definition) is 2. The Morgan fingerprint density at radius 3 is 2.45 bits per heavy atom. The number of para-hydroxylation sites is 3. The number of methoxy groups -OCH3 is 1. The fourth-order valence-electron chi connectivity index (χ4n) is 5.21. The van der Waals surface area contributed by atoms with Crippen molar-refractivity contribution in [3.63, 3.8) is 0 Å². The standard InChI is InChI=1S/C31H37N5O2/c1-38-30-14-8-6-10-26(30)21-32-22-27(23-36-16-15-25-9-5-7-13-29(25)36)33-31(37)24-34-17-19-35(20-18-34)28-11-3-2-4-12-28/h2-16,27,32H,17-24H2,1H3,(H,33,37). The van der Waals surface area contributed by atoms with E-state index in [0.717, 1.165) is 37.5 Å². The van der Waals surface area contributed by atoms with Gasteiger partial charge in [-0.25, -0.2) is 0 Å². The Balaban J connectivity index is 1.19. The normalized spacial score (nSPS) is 14.9. The molecule has 1 atom stereocenters. The predicted octanol–water partition coefficient (Wildman–Crippen LogP) is 3.75. The van der Waals surface area contributed by atoms with Gasteiger partial charge in [-0.1, -0.05) is 54.6 Å². The molecule has 1 aromatic heterocycles. The van der Waals surface area contributed by atoms with Gasteiger partial charge >= 0.3 is 0 Å². The van der Waals surface area contributed by atoms with Crippen molar-refractivity contribution >= 4 is 22.5 Å². The van der Waals surface area contributed by atoms with E-state index in [4.69, 9.17) is 4.74 Å². The van der Waals surface area contributed by atoms with E-state index >= 15 is 0 Å². The number of amides is 1. The van der Waals surface area contributed by atoms with Gasteiger partial charge in [0, 0.05) is 68.8 Å². The Morgan fingerprint density at radius 2 is 1.63 bits per heavy atom. The molecule has 3 aromatic carbocycles. The highest BCUT2D eigenvalue weighted by molar-refractivity contribution is 5.80. The van der Waals surface area contributed by atoms with Crippen molar-refractivity contribution in [3.8, 4) is 5.75 Å². The van der Waals surface area contributed by atoms with E-state index < -0.39 is 0 Å².